The Morgan fingerprint density at radius 1 is 0.571 bits per heavy atom. The van der Waals surface area contributed by atoms with E-state index in [1.807, 2.05) is 0 Å². The molecule has 0 saturated heterocycles. The van der Waals surface area contributed by atoms with Gasteiger partial charge in [0.15, 0.2) is 16.5 Å². The van der Waals surface area contributed by atoms with Gasteiger partial charge < -0.3 is 0 Å². The quantitative estimate of drug-likeness (QED) is 0.159. The van der Waals surface area contributed by atoms with Crippen LogP contribution in [-0.2, 0) is 0 Å². The van der Waals surface area contributed by atoms with Gasteiger partial charge in [-0.25, -0.2) is 0 Å². The number of benzene rings is 3. The van der Waals surface area contributed by atoms with Gasteiger partial charge >= 0.3 is 0 Å². The molecule has 3 aromatic carbocycles. The average molecular weight is 501 g/mol. The molecule has 3 aromatic rings. The largest absolute Gasteiger partial charge is 0.295 e. The molecule has 6 heteroatoms. The lowest BCUT2D eigenvalue weighted by molar-refractivity contribution is 1.03. The third kappa shape index (κ3) is 7.77. The fourth-order valence-corrected chi connectivity index (χ4v) is 6.59. The molecule has 0 N–H and O–H groups in total. The van der Waals surface area contributed by atoms with Crippen LogP contribution in [0.2, 0.25) is 39.3 Å². The summed E-state index contributed by atoms with van der Waals surface area (Å²) in [6.07, 6.45) is 1.69. The Balaban J connectivity index is 1.93. The van der Waals surface area contributed by atoms with Crippen molar-refractivity contribution in [1.29, 1.82) is 0 Å². The van der Waals surface area contributed by atoms with Crippen LogP contribution in [0.3, 0.4) is 0 Å². The highest BCUT2D eigenvalue weighted by Gasteiger charge is 2.26. The lowest BCUT2D eigenvalue weighted by Crippen LogP contribution is -2.43. The van der Waals surface area contributed by atoms with Crippen LogP contribution >= 0.6 is 0 Å². The van der Waals surface area contributed by atoms with Gasteiger partial charge in [-0.3, -0.25) is 9.35 Å². The summed E-state index contributed by atoms with van der Waals surface area (Å²) in [5.74, 6) is 0. The van der Waals surface area contributed by atoms with Crippen LogP contribution in [0.25, 0.3) is 0 Å². The van der Waals surface area contributed by atoms with Gasteiger partial charge in [0.05, 0.1) is 5.71 Å². The molecule has 0 aliphatic rings. The summed E-state index contributed by atoms with van der Waals surface area (Å²) in [5.41, 5.74) is 5.71. The van der Waals surface area contributed by atoms with Crippen LogP contribution < -0.4 is 9.35 Å². The van der Waals surface area contributed by atoms with Crippen molar-refractivity contribution < 1.29 is 0 Å². The van der Waals surface area contributed by atoms with E-state index >= 15 is 0 Å². The standard InChI is InChI=1S/C29H40N4Si2/c1-25(30-32(34(2,3)4)27-19-13-9-14-20-27)23-24-29(26-17-11-8-12-18-26)31-33(35(5,6)7)28-21-15-10-16-22-28/h8-22H,23-24H2,1-7H3. The van der Waals surface area contributed by atoms with E-state index in [4.69, 9.17) is 10.2 Å². The van der Waals surface area contributed by atoms with Crippen LogP contribution in [0.15, 0.2) is 101 Å². The molecule has 0 amide bonds. The maximum atomic E-state index is 5.30. The molecule has 0 aliphatic heterocycles. The normalized spacial score (nSPS) is 13.0. The van der Waals surface area contributed by atoms with Crippen LogP contribution in [-0.4, -0.2) is 27.9 Å². The number of hydrogen-bond donors (Lipinski definition) is 0. The summed E-state index contributed by atoms with van der Waals surface area (Å²) in [7, 11) is -3.45. The van der Waals surface area contributed by atoms with E-state index in [0.29, 0.717) is 0 Å². The molecule has 0 radical (unpaired) electrons. The van der Waals surface area contributed by atoms with Crippen molar-refractivity contribution in [3.05, 3.63) is 96.6 Å². The minimum atomic E-state index is -1.76. The van der Waals surface area contributed by atoms with Crippen LogP contribution in [0.4, 0.5) is 11.4 Å². The molecule has 0 atom stereocenters. The molecule has 0 saturated carbocycles. The fraction of sp³-hybridized carbons (Fsp3) is 0.310. The molecular formula is C29H40N4Si2. The zero-order chi connectivity index (χ0) is 25.5. The van der Waals surface area contributed by atoms with Gasteiger partial charge in [0.2, 0.25) is 0 Å². The van der Waals surface area contributed by atoms with Gasteiger partial charge in [-0.05, 0) is 88.9 Å². The lowest BCUT2D eigenvalue weighted by Gasteiger charge is -2.33. The van der Waals surface area contributed by atoms with Crippen molar-refractivity contribution in [2.75, 3.05) is 9.35 Å². The maximum Gasteiger partial charge on any atom is 0.176 e. The van der Waals surface area contributed by atoms with Crippen LogP contribution in [0.5, 0.6) is 0 Å². The fourth-order valence-electron chi connectivity index (χ4n) is 3.85. The first-order valence-electron chi connectivity index (χ1n) is 12.4. The molecule has 0 aromatic heterocycles. The molecule has 0 aliphatic carbocycles. The van der Waals surface area contributed by atoms with Gasteiger partial charge in [0.1, 0.15) is 0 Å². The molecule has 0 bridgehead atoms. The Labute approximate surface area is 214 Å². The van der Waals surface area contributed by atoms with Gasteiger partial charge in [-0.1, -0.05) is 66.7 Å². The van der Waals surface area contributed by atoms with Gasteiger partial charge in [0, 0.05) is 17.1 Å². The summed E-state index contributed by atoms with van der Waals surface area (Å²) in [6, 6.07) is 31.7. The van der Waals surface area contributed by atoms with Gasteiger partial charge in [-0.2, -0.15) is 10.2 Å². The number of nitrogens with zero attached hydrogens (tertiary/aromatic N) is 4. The molecule has 184 valence electrons. The van der Waals surface area contributed by atoms with Crippen molar-refractivity contribution in [3.63, 3.8) is 0 Å². The van der Waals surface area contributed by atoms with E-state index in [1.165, 1.54) is 5.56 Å². The highest BCUT2D eigenvalue weighted by Crippen LogP contribution is 2.24. The Hall–Kier alpha value is -2.97. The molecule has 35 heavy (non-hydrogen) atoms. The number of anilines is 2. The predicted molar refractivity (Wildman–Crippen MR) is 160 cm³/mol. The zero-order valence-corrected chi connectivity index (χ0v) is 24.4. The zero-order valence-electron chi connectivity index (χ0n) is 22.4. The molecule has 0 spiro atoms. The van der Waals surface area contributed by atoms with Gasteiger partial charge in [-0.15, -0.1) is 0 Å². The molecule has 0 fully saturated rings. The van der Waals surface area contributed by atoms with E-state index in [1.54, 1.807) is 0 Å². The third-order valence-electron chi connectivity index (χ3n) is 5.59. The summed E-state index contributed by atoms with van der Waals surface area (Å²) in [6.45, 7) is 16.2. The third-order valence-corrected chi connectivity index (χ3v) is 8.85. The molecule has 0 unspecified atom stereocenters. The van der Waals surface area contributed by atoms with Gasteiger partial charge in [0.25, 0.3) is 0 Å². The van der Waals surface area contributed by atoms with Crippen LogP contribution in [0.1, 0.15) is 25.3 Å². The number of para-hydroxylation sites is 2. The van der Waals surface area contributed by atoms with Crippen molar-refractivity contribution in [1.82, 2.24) is 0 Å². The van der Waals surface area contributed by atoms with Crippen molar-refractivity contribution in [3.8, 4) is 0 Å². The minimum Gasteiger partial charge on any atom is -0.295 e. The Morgan fingerprint density at radius 3 is 1.40 bits per heavy atom. The Bertz CT molecular complexity index is 1120. The van der Waals surface area contributed by atoms with E-state index in [0.717, 1.165) is 35.6 Å². The van der Waals surface area contributed by atoms with Crippen molar-refractivity contribution >= 4 is 39.3 Å². The van der Waals surface area contributed by atoms with E-state index < -0.39 is 16.5 Å². The number of rotatable bonds is 10. The second-order valence-electron chi connectivity index (χ2n) is 10.9. The maximum absolute atomic E-state index is 5.30. The first-order chi connectivity index (χ1) is 16.6. The lowest BCUT2D eigenvalue weighted by atomic mass is 10.0. The topological polar surface area (TPSA) is 31.2 Å². The van der Waals surface area contributed by atoms with E-state index in [2.05, 4.69) is 147 Å². The predicted octanol–water partition coefficient (Wildman–Crippen LogP) is 8.23. The summed E-state index contributed by atoms with van der Waals surface area (Å²) < 4.78 is 4.54. The summed E-state index contributed by atoms with van der Waals surface area (Å²) >= 11 is 0. The first-order valence-corrected chi connectivity index (χ1v) is 19.3. The molecule has 4 nitrogen and oxygen atoms in total. The highest BCUT2D eigenvalue weighted by molar-refractivity contribution is 6.80. The minimum absolute atomic E-state index is 0.835. The average Bonchev–Trinajstić information content (AvgIpc) is 2.83. The van der Waals surface area contributed by atoms with Crippen molar-refractivity contribution in [2.45, 2.75) is 59.0 Å². The van der Waals surface area contributed by atoms with E-state index in [-0.39, 0.29) is 0 Å². The molecule has 0 heterocycles. The monoisotopic (exact) mass is 500 g/mol. The Kier molecular flexibility index (Phi) is 8.86. The summed E-state index contributed by atoms with van der Waals surface area (Å²) in [5, 5.41) is 10.4. The summed E-state index contributed by atoms with van der Waals surface area (Å²) in [4.78, 5) is 0. The van der Waals surface area contributed by atoms with Crippen molar-refractivity contribution in [2.24, 2.45) is 10.2 Å². The number of hydrogen-bond acceptors (Lipinski definition) is 4. The Morgan fingerprint density at radius 2 is 0.971 bits per heavy atom. The second-order valence-corrected chi connectivity index (χ2v) is 20.4. The second kappa shape index (κ2) is 11.6. The van der Waals surface area contributed by atoms with E-state index in [9.17, 15) is 0 Å². The number of hydrazone groups is 2. The SMILES string of the molecule is CC(CCC(=NN(c1ccccc1)[Si](C)(C)C)c1ccccc1)=NN(c1ccccc1)[Si](C)(C)C. The highest BCUT2D eigenvalue weighted by atomic mass is 28.3. The smallest absolute Gasteiger partial charge is 0.176 e. The molecular weight excluding hydrogens is 461 g/mol. The first kappa shape index (κ1) is 26.6. The molecule has 3 rings (SSSR count). The van der Waals surface area contributed by atoms with Crippen LogP contribution in [0, 0.1) is 0 Å².